The Hall–Kier alpha value is -2.39. The molecule has 0 amide bonds. The Morgan fingerprint density at radius 2 is 1.05 bits per heavy atom. The highest BCUT2D eigenvalue weighted by Gasteiger charge is 2.46. The highest BCUT2D eigenvalue weighted by atomic mass is 32.2. The second-order valence-corrected chi connectivity index (χ2v) is 17.6. The average Bonchev–Trinajstić information content (AvgIpc) is 3.21. The van der Waals surface area contributed by atoms with Crippen molar-refractivity contribution in [3.05, 3.63) is 48.6 Å². The number of rotatable bonds is 38. The van der Waals surface area contributed by atoms with Crippen LogP contribution >= 0.6 is 0 Å². The predicted octanol–water partition coefficient (Wildman–Crippen LogP) is 9.56. The van der Waals surface area contributed by atoms with Crippen molar-refractivity contribution in [2.24, 2.45) is 0 Å². The van der Waals surface area contributed by atoms with Gasteiger partial charge in [-0.2, -0.15) is 8.42 Å². The van der Waals surface area contributed by atoms with Crippen molar-refractivity contribution in [2.75, 3.05) is 19.0 Å². The predicted molar refractivity (Wildman–Crippen MR) is 238 cm³/mol. The highest BCUT2D eigenvalue weighted by molar-refractivity contribution is 7.85. The van der Waals surface area contributed by atoms with Crippen LogP contribution in [0, 0.1) is 0 Å². The molecule has 0 bridgehead atoms. The lowest BCUT2D eigenvalue weighted by Crippen LogP contribution is -2.60. The summed E-state index contributed by atoms with van der Waals surface area (Å²) in [6.07, 6.45) is 34.3. The average molecular weight is 871 g/mol. The summed E-state index contributed by atoms with van der Waals surface area (Å²) >= 11 is 0. The Morgan fingerprint density at radius 1 is 0.583 bits per heavy atom. The van der Waals surface area contributed by atoms with Crippen molar-refractivity contribution in [3.8, 4) is 0 Å². The van der Waals surface area contributed by atoms with Crippen LogP contribution in [0.4, 0.5) is 0 Å². The van der Waals surface area contributed by atoms with E-state index in [1.165, 1.54) is 57.8 Å². The molecule has 1 saturated heterocycles. The maximum Gasteiger partial charge on any atom is 0.306 e. The highest BCUT2D eigenvalue weighted by Crippen LogP contribution is 2.24. The zero-order valence-corrected chi connectivity index (χ0v) is 37.9. The molecule has 1 aliphatic rings. The summed E-state index contributed by atoms with van der Waals surface area (Å²) in [6.45, 7) is 3.69. The van der Waals surface area contributed by atoms with Gasteiger partial charge in [-0.15, -0.1) is 0 Å². The van der Waals surface area contributed by atoms with Crippen LogP contribution in [-0.4, -0.2) is 96.0 Å². The molecule has 348 valence electrons. The molecule has 6 atom stereocenters. The molecular formula is C47H82O12S. The monoisotopic (exact) mass is 871 g/mol. The van der Waals surface area contributed by atoms with Crippen LogP contribution in [0.5, 0.6) is 0 Å². The fourth-order valence-corrected chi connectivity index (χ4v) is 7.45. The van der Waals surface area contributed by atoms with E-state index in [0.717, 1.165) is 83.5 Å². The second kappa shape index (κ2) is 37.2. The standard InChI is InChI=1S/C47H82O12S/c1-3-5-7-9-11-13-15-17-19-20-22-24-26-28-30-32-34-36-43(49)58-40(38-57-47-46(52)45(51)44(50)41(59-47)39-60(53,54)55)37-56-42(48)35-33-31-29-27-25-23-21-18-16-14-12-10-8-6-4-2/h11,13-14,16-19,21,40-41,44-47,50-52H,3-10,12,15,20,22-39H2,1-2H3,(H,53,54,55)/b13-11+,16-14+,19-17+,21-18+/t40-,41-,44-,45?,46?,47+/m1/s1. The maximum absolute atomic E-state index is 12.8. The smallest absolute Gasteiger partial charge is 0.306 e. The Bertz CT molecular complexity index is 1300. The number of hydrogen-bond donors (Lipinski definition) is 4. The van der Waals surface area contributed by atoms with Crippen LogP contribution < -0.4 is 0 Å². The Balaban J connectivity index is 2.46. The third-order valence-electron chi connectivity index (χ3n) is 10.4. The van der Waals surface area contributed by atoms with E-state index < -0.39 is 71.2 Å². The summed E-state index contributed by atoms with van der Waals surface area (Å²) in [5.74, 6) is -2.01. The first-order valence-corrected chi connectivity index (χ1v) is 24.8. The molecule has 4 N–H and O–H groups in total. The Labute approximate surface area is 363 Å². The minimum Gasteiger partial charge on any atom is -0.462 e. The van der Waals surface area contributed by atoms with Gasteiger partial charge in [-0.1, -0.05) is 146 Å². The first kappa shape index (κ1) is 55.6. The molecule has 2 unspecified atom stereocenters. The van der Waals surface area contributed by atoms with Gasteiger partial charge in [0.05, 0.1) is 6.61 Å². The summed E-state index contributed by atoms with van der Waals surface area (Å²) in [4.78, 5) is 25.4. The van der Waals surface area contributed by atoms with Gasteiger partial charge in [0, 0.05) is 12.8 Å². The first-order valence-electron chi connectivity index (χ1n) is 23.2. The van der Waals surface area contributed by atoms with Crippen LogP contribution in [-0.2, 0) is 38.7 Å². The van der Waals surface area contributed by atoms with E-state index in [1.54, 1.807) is 0 Å². The maximum atomic E-state index is 12.8. The van der Waals surface area contributed by atoms with Gasteiger partial charge in [0.15, 0.2) is 12.4 Å². The van der Waals surface area contributed by atoms with Gasteiger partial charge in [-0.25, -0.2) is 0 Å². The lowest BCUT2D eigenvalue weighted by Gasteiger charge is -2.40. The zero-order chi connectivity index (χ0) is 44.1. The van der Waals surface area contributed by atoms with E-state index in [1.807, 2.05) is 0 Å². The molecule has 1 fully saturated rings. The molecule has 60 heavy (non-hydrogen) atoms. The van der Waals surface area contributed by atoms with Gasteiger partial charge in [-0.05, 0) is 70.6 Å². The molecule has 0 radical (unpaired) electrons. The van der Waals surface area contributed by atoms with Gasteiger partial charge in [0.2, 0.25) is 0 Å². The first-order chi connectivity index (χ1) is 29.0. The molecule has 12 nitrogen and oxygen atoms in total. The summed E-state index contributed by atoms with van der Waals surface area (Å²) in [6, 6.07) is 0. The van der Waals surface area contributed by atoms with Gasteiger partial charge < -0.3 is 34.3 Å². The van der Waals surface area contributed by atoms with Gasteiger partial charge in [0.25, 0.3) is 10.1 Å². The molecule has 1 aliphatic heterocycles. The Kier molecular flexibility index (Phi) is 34.5. The number of carbonyl (C=O) groups is 2. The summed E-state index contributed by atoms with van der Waals surface area (Å²) in [5.41, 5.74) is 0. The number of hydrogen-bond acceptors (Lipinski definition) is 11. The van der Waals surface area contributed by atoms with Gasteiger partial charge in [0.1, 0.15) is 36.8 Å². The molecule has 0 aromatic rings. The summed E-state index contributed by atoms with van der Waals surface area (Å²) in [7, 11) is -4.61. The molecule has 13 heteroatoms. The van der Waals surface area contributed by atoms with Crippen molar-refractivity contribution in [2.45, 2.75) is 218 Å². The topological polar surface area (TPSA) is 186 Å². The van der Waals surface area contributed by atoms with Crippen molar-refractivity contribution < 1.29 is 56.8 Å². The number of ether oxygens (including phenoxy) is 4. The van der Waals surface area contributed by atoms with Crippen LogP contribution in [0.25, 0.3) is 0 Å². The summed E-state index contributed by atoms with van der Waals surface area (Å²) < 4.78 is 54.1. The van der Waals surface area contributed by atoms with Crippen LogP contribution in [0.3, 0.4) is 0 Å². The largest absolute Gasteiger partial charge is 0.462 e. The minimum atomic E-state index is -4.61. The van der Waals surface area contributed by atoms with E-state index in [4.69, 9.17) is 18.9 Å². The third-order valence-corrected chi connectivity index (χ3v) is 11.2. The lowest BCUT2D eigenvalue weighted by atomic mass is 10.00. The van der Waals surface area contributed by atoms with Crippen molar-refractivity contribution in [3.63, 3.8) is 0 Å². The lowest BCUT2D eigenvalue weighted by molar-refractivity contribution is -0.297. The van der Waals surface area contributed by atoms with E-state index in [2.05, 4.69) is 62.5 Å². The quantitative estimate of drug-likeness (QED) is 0.0152. The third kappa shape index (κ3) is 31.5. The van der Waals surface area contributed by atoms with E-state index in [9.17, 15) is 37.9 Å². The molecule has 0 aromatic carbocycles. The van der Waals surface area contributed by atoms with Crippen LogP contribution in [0.1, 0.15) is 181 Å². The number of carbonyl (C=O) groups excluding carboxylic acids is 2. The normalized spacial score (nSPS) is 20.5. The molecule has 0 spiro atoms. The van der Waals surface area contributed by atoms with Gasteiger partial charge in [-0.3, -0.25) is 14.1 Å². The van der Waals surface area contributed by atoms with Crippen molar-refractivity contribution >= 4 is 22.1 Å². The number of unbranched alkanes of at least 4 members (excludes halogenated alkanes) is 19. The number of aliphatic hydroxyl groups excluding tert-OH is 3. The molecular weight excluding hydrogens is 789 g/mol. The number of aliphatic hydroxyl groups is 3. The molecule has 1 heterocycles. The zero-order valence-electron chi connectivity index (χ0n) is 37.1. The van der Waals surface area contributed by atoms with Crippen molar-refractivity contribution in [1.29, 1.82) is 0 Å². The van der Waals surface area contributed by atoms with E-state index in [0.29, 0.717) is 12.8 Å². The number of esters is 2. The molecule has 0 aliphatic carbocycles. The van der Waals surface area contributed by atoms with E-state index >= 15 is 0 Å². The van der Waals surface area contributed by atoms with Crippen molar-refractivity contribution in [1.82, 2.24) is 0 Å². The Morgan fingerprint density at radius 3 is 1.60 bits per heavy atom. The fourth-order valence-electron chi connectivity index (χ4n) is 6.76. The van der Waals surface area contributed by atoms with Crippen LogP contribution in [0.2, 0.25) is 0 Å². The summed E-state index contributed by atoms with van der Waals surface area (Å²) in [5, 5.41) is 30.9. The fraction of sp³-hybridized carbons (Fsp3) is 0.787. The second-order valence-electron chi connectivity index (χ2n) is 16.1. The van der Waals surface area contributed by atoms with Gasteiger partial charge >= 0.3 is 11.9 Å². The molecule has 0 saturated carbocycles. The minimum absolute atomic E-state index is 0.151. The van der Waals surface area contributed by atoms with E-state index in [-0.39, 0.29) is 19.4 Å². The SMILES string of the molecule is CCCCC/C=C/C/C=C/CCCCCCCCCC(=O)O[C@H](COC(=O)CCCCCCC/C=C/C=C/CCCCCC)CO[C@H]1O[C@H](CS(=O)(=O)O)[C@@H](O)C(O)C1O. The van der Waals surface area contributed by atoms with Crippen LogP contribution in [0.15, 0.2) is 48.6 Å². The molecule has 0 aromatic heterocycles. The number of allylic oxidation sites excluding steroid dienone is 8. The molecule has 1 rings (SSSR count).